The van der Waals surface area contributed by atoms with Crippen LogP contribution in [0.4, 0.5) is 0 Å². The summed E-state index contributed by atoms with van der Waals surface area (Å²) >= 11 is 0. The number of carbonyl (C=O) groups excluding carboxylic acids is 2. The van der Waals surface area contributed by atoms with E-state index in [4.69, 9.17) is 9.47 Å². The van der Waals surface area contributed by atoms with E-state index >= 15 is 0 Å². The molecule has 2 heterocycles. The van der Waals surface area contributed by atoms with Crippen molar-refractivity contribution < 1.29 is 24.2 Å². The van der Waals surface area contributed by atoms with Crippen LogP contribution in [0.1, 0.15) is 96.0 Å². The summed E-state index contributed by atoms with van der Waals surface area (Å²) in [5.74, 6) is 2.00. The number of hydrogen-bond donors (Lipinski definition) is 1. The van der Waals surface area contributed by atoms with Gasteiger partial charge in [0.2, 0.25) is 0 Å². The van der Waals surface area contributed by atoms with E-state index in [2.05, 4.69) is 31.2 Å². The third-order valence-corrected chi connectivity index (χ3v) is 12.0. The van der Waals surface area contributed by atoms with E-state index in [0.29, 0.717) is 5.57 Å². The molecular weight excluding hydrogens is 572 g/mol. The third-order valence-electron chi connectivity index (χ3n) is 12.0. The Hall–Kier alpha value is -3.86. The molecule has 1 saturated heterocycles. The van der Waals surface area contributed by atoms with Crippen LogP contribution in [-0.2, 0) is 19.1 Å². The monoisotopic (exact) mass is 616 g/mol. The number of esters is 2. The van der Waals surface area contributed by atoms with Gasteiger partial charge in [0.05, 0.1) is 11.0 Å². The SMILES string of the molecule is CCCC=C1OC(=O)C2=C(c3cc(O)ccc3-c3ccccc3)[C@@H]3CC[C@]12[C@H]1C2=C(CC[C@H]31)C(=CCCC1CCCCC1)OC2=O. The molecule has 4 atom stereocenters. The first-order valence-corrected chi connectivity index (χ1v) is 17.7. The molecule has 2 aromatic carbocycles. The van der Waals surface area contributed by atoms with Crippen LogP contribution in [0.25, 0.3) is 16.7 Å². The molecule has 1 spiro atoms. The van der Waals surface area contributed by atoms with Crippen molar-refractivity contribution in [1.82, 2.24) is 0 Å². The lowest BCUT2D eigenvalue weighted by Crippen LogP contribution is -2.52. The Morgan fingerprint density at radius 3 is 2.50 bits per heavy atom. The van der Waals surface area contributed by atoms with E-state index in [0.717, 1.165) is 102 Å². The van der Waals surface area contributed by atoms with Gasteiger partial charge in [0.15, 0.2) is 0 Å². The highest BCUT2D eigenvalue weighted by molar-refractivity contribution is 6.07. The van der Waals surface area contributed by atoms with E-state index in [1.165, 1.54) is 32.1 Å². The fourth-order valence-electron chi connectivity index (χ4n) is 10.1. The highest BCUT2D eigenvalue weighted by atomic mass is 16.5. The maximum atomic E-state index is 14.2. The molecule has 3 fully saturated rings. The van der Waals surface area contributed by atoms with Crippen molar-refractivity contribution in [3.05, 3.63) is 94.5 Å². The summed E-state index contributed by atoms with van der Waals surface area (Å²) in [6, 6.07) is 15.7. The minimum Gasteiger partial charge on any atom is -0.508 e. The first kappa shape index (κ1) is 29.5. The first-order valence-electron chi connectivity index (χ1n) is 17.7. The van der Waals surface area contributed by atoms with Gasteiger partial charge < -0.3 is 14.6 Å². The fraction of sp³-hybridized carbons (Fsp3) is 0.463. The van der Waals surface area contributed by atoms with Crippen molar-refractivity contribution in [3.8, 4) is 16.9 Å². The molecule has 5 aliphatic carbocycles. The van der Waals surface area contributed by atoms with Crippen LogP contribution < -0.4 is 0 Å². The third kappa shape index (κ3) is 4.56. The van der Waals surface area contributed by atoms with Gasteiger partial charge in [-0.2, -0.15) is 0 Å². The topological polar surface area (TPSA) is 72.8 Å². The van der Waals surface area contributed by atoms with Gasteiger partial charge in [-0.05, 0) is 109 Å². The molecule has 0 unspecified atom stereocenters. The Morgan fingerprint density at radius 1 is 0.870 bits per heavy atom. The summed E-state index contributed by atoms with van der Waals surface area (Å²) in [4.78, 5) is 28.1. The average Bonchev–Trinajstić information content (AvgIpc) is 3.57. The Balaban J connectivity index is 1.28. The van der Waals surface area contributed by atoms with E-state index in [1.807, 2.05) is 30.3 Å². The normalized spacial score (nSPS) is 30.5. The molecule has 1 N–H and O–H groups in total. The number of benzene rings is 2. The minimum atomic E-state index is -0.710. The van der Waals surface area contributed by atoms with Crippen LogP contribution in [-0.4, -0.2) is 17.0 Å². The van der Waals surface area contributed by atoms with Crippen LogP contribution in [0.15, 0.2) is 88.9 Å². The van der Waals surface area contributed by atoms with E-state index in [1.54, 1.807) is 6.07 Å². The van der Waals surface area contributed by atoms with E-state index in [-0.39, 0.29) is 35.4 Å². The largest absolute Gasteiger partial charge is 0.508 e. The van der Waals surface area contributed by atoms with Crippen LogP contribution in [0.2, 0.25) is 0 Å². The molecule has 0 radical (unpaired) electrons. The molecule has 0 aromatic heterocycles. The van der Waals surface area contributed by atoms with Gasteiger partial charge in [0.1, 0.15) is 17.3 Å². The summed E-state index contributed by atoms with van der Waals surface area (Å²) in [7, 11) is 0. The second-order valence-corrected chi connectivity index (χ2v) is 14.4. The van der Waals surface area contributed by atoms with E-state index < -0.39 is 5.41 Å². The van der Waals surface area contributed by atoms with Crippen molar-refractivity contribution >= 4 is 17.5 Å². The predicted octanol–water partition coefficient (Wildman–Crippen LogP) is 9.59. The molecule has 2 bridgehead atoms. The number of ether oxygens (including phenoxy) is 2. The fourth-order valence-corrected chi connectivity index (χ4v) is 10.1. The zero-order valence-electron chi connectivity index (χ0n) is 26.9. The number of allylic oxidation sites excluding steroid dienone is 5. The maximum absolute atomic E-state index is 14.2. The molecule has 7 aliphatic rings. The highest BCUT2D eigenvalue weighted by Gasteiger charge is 2.68. The number of carbonyl (C=O) groups is 2. The van der Waals surface area contributed by atoms with E-state index in [9.17, 15) is 14.7 Å². The van der Waals surface area contributed by atoms with Gasteiger partial charge in [-0.25, -0.2) is 9.59 Å². The molecule has 46 heavy (non-hydrogen) atoms. The average molecular weight is 617 g/mol. The number of phenols is 1. The Kier molecular flexibility index (Phi) is 7.54. The first-order chi connectivity index (χ1) is 22.5. The van der Waals surface area contributed by atoms with Crippen molar-refractivity contribution in [2.75, 3.05) is 0 Å². The van der Waals surface area contributed by atoms with Gasteiger partial charge in [0, 0.05) is 17.1 Å². The summed E-state index contributed by atoms with van der Waals surface area (Å²) < 4.78 is 12.4. The lowest BCUT2D eigenvalue weighted by Gasteiger charge is -2.56. The molecule has 238 valence electrons. The zero-order valence-corrected chi connectivity index (χ0v) is 26.9. The van der Waals surface area contributed by atoms with Gasteiger partial charge in [-0.3, -0.25) is 0 Å². The number of cyclic esters (lactones) is 2. The van der Waals surface area contributed by atoms with Gasteiger partial charge in [-0.15, -0.1) is 0 Å². The number of aromatic hydroxyl groups is 1. The molecule has 2 saturated carbocycles. The lowest BCUT2D eigenvalue weighted by molar-refractivity contribution is -0.135. The van der Waals surface area contributed by atoms with Crippen molar-refractivity contribution in [2.45, 2.75) is 90.4 Å². The van der Waals surface area contributed by atoms with Gasteiger partial charge >= 0.3 is 11.9 Å². The lowest BCUT2D eigenvalue weighted by atomic mass is 9.44. The predicted molar refractivity (Wildman–Crippen MR) is 178 cm³/mol. The number of hydrogen-bond acceptors (Lipinski definition) is 5. The molecular formula is C41H44O5. The highest BCUT2D eigenvalue weighted by Crippen LogP contribution is 2.72. The van der Waals surface area contributed by atoms with Crippen LogP contribution in [0.3, 0.4) is 0 Å². The molecule has 9 rings (SSSR count). The van der Waals surface area contributed by atoms with Crippen LogP contribution >= 0.6 is 0 Å². The Bertz CT molecular complexity index is 1700. The minimum absolute atomic E-state index is 0.0744. The Morgan fingerprint density at radius 2 is 1.70 bits per heavy atom. The van der Waals surface area contributed by atoms with Gasteiger partial charge in [0.25, 0.3) is 0 Å². The number of phenolic OH excluding ortho intramolecular Hbond substituents is 1. The van der Waals surface area contributed by atoms with Crippen molar-refractivity contribution in [1.29, 1.82) is 0 Å². The van der Waals surface area contributed by atoms with Crippen LogP contribution in [0.5, 0.6) is 5.75 Å². The number of fused-ring (bicyclic) bond motifs is 1. The second-order valence-electron chi connectivity index (χ2n) is 14.4. The quantitative estimate of drug-likeness (QED) is 0.314. The summed E-state index contributed by atoms with van der Waals surface area (Å²) in [6.45, 7) is 2.13. The standard InChI is InChI=1S/C41H44O5/c1-2-3-17-34-41-23-22-29(35(38(41)40(44)46-34)32-24-27(42)18-19-28(32)26-14-8-5-9-15-26)30-20-21-31-33(45-39(43)36(31)37(30)41)16-10-13-25-11-6-4-7-12-25/h5,8-9,14-19,24-25,29-30,37,42H,2-4,6-7,10-13,20-23H2,1H3/t29-,30-,37-,41-/m1/s1. The smallest absolute Gasteiger partial charge is 0.340 e. The number of rotatable bonds is 7. The zero-order chi connectivity index (χ0) is 31.4. The van der Waals surface area contributed by atoms with Crippen molar-refractivity contribution in [2.24, 2.45) is 29.1 Å². The molecule has 0 amide bonds. The maximum Gasteiger partial charge on any atom is 0.340 e. The molecule has 5 heteroatoms. The summed E-state index contributed by atoms with van der Waals surface area (Å²) in [5.41, 5.74) is 5.80. The van der Waals surface area contributed by atoms with Crippen LogP contribution in [0, 0.1) is 29.1 Å². The molecule has 5 nitrogen and oxygen atoms in total. The summed E-state index contributed by atoms with van der Waals surface area (Å²) in [6.07, 6.45) is 18.2. The molecule has 2 aromatic rings. The number of unbranched alkanes of at least 4 members (excludes halogenated alkanes) is 1. The second kappa shape index (κ2) is 11.7. The summed E-state index contributed by atoms with van der Waals surface area (Å²) in [5, 5.41) is 10.8. The van der Waals surface area contributed by atoms with Crippen molar-refractivity contribution in [3.63, 3.8) is 0 Å². The molecule has 2 aliphatic heterocycles. The Labute approximate surface area is 272 Å². The van der Waals surface area contributed by atoms with Gasteiger partial charge in [-0.1, -0.05) is 81.8 Å².